The monoisotopic (exact) mass is 388 g/mol. The Morgan fingerprint density at radius 2 is 1.43 bits per heavy atom. The number of H-pyrrole nitrogens is 1. The summed E-state index contributed by atoms with van der Waals surface area (Å²) in [7, 11) is 4.53. The van der Waals surface area contributed by atoms with Gasteiger partial charge in [0.05, 0.1) is 21.3 Å². The summed E-state index contributed by atoms with van der Waals surface area (Å²) in [6.07, 6.45) is 0. The van der Waals surface area contributed by atoms with Gasteiger partial charge >= 0.3 is 0 Å². The van der Waals surface area contributed by atoms with Crippen molar-refractivity contribution >= 4 is 11.8 Å². The van der Waals surface area contributed by atoms with Crippen LogP contribution in [0.2, 0.25) is 0 Å². The molecule has 2 heterocycles. The van der Waals surface area contributed by atoms with E-state index >= 15 is 0 Å². The minimum atomic E-state index is -0.151. The molecule has 1 aromatic heterocycles. The number of carbonyl (C=O) groups is 2. The Morgan fingerprint density at radius 3 is 1.86 bits per heavy atom. The lowest BCUT2D eigenvalue weighted by atomic mass is 10.1. The van der Waals surface area contributed by atoms with Crippen LogP contribution in [0.5, 0.6) is 17.2 Å². The maximum Gasteiger partial charge on any atom is 0.274 e. The normalized spacial score (nSPS) is 14.0. The zero-order chi connectivity index (χ0) is 20.3. The number of aromatic nitrogens is 2. The molecule has 2 aromatic rings. The van der Waals surface area contributed by atoms with E-state index in [0.717, 1.165) is 5.69 Å². The molecular weight excluding hydrogens is 364 g/mol. The second-order valence-corrected chi connectivity index (χ2v) is 6.43. The van der Waals surface area contributed by atoms with Gasteiger partial charge in [-0.05, 0) is 25.1 Å². The van der Waals surface area contributed by atoms with Crippen LogP contribution < -0.4 is 14.2 Å². The zero-order valence-corrected chi connectivity index (χ0v) is 16.4. The first-order valence-electron chi connectivity index (χ1n) is 8.89. The smallest absolute Gasteiger partial charge is 0.274 e. The number of carbonyl (C=O) groups excluding carboxylic acids is 2. The van der Waals surface area contributed by atoms with Gasteiger partial charge in [-0.2, -0.15) is 5.10 Å². The number of aryl methyl sites for hydroxylation is 1. The minimum absolute atomic E-state index is 0.135. The maximum absolute atomic E-state index is 12.9. The molecule has 0 atom stereocenters. The molecule has 3 rings (SSSR count). The van der Waals surface area contributed by atoms with Crippen molar-refractivity contribution in [2.24, 2.45) is 0 Å². The Kier molecular flexibility index (Phi) is 5.72. The predicted molar refractivity (Wildman–Crippen MR) is 101 cm³/mol. The number of benzene rings is 1. The van der Waals surface area contributed by atoms with Crippen molar-refractivity contribution in [3.63, 3.8) is 0 Å². The molecule has 150 valence electrons. The minimum Gasteiger partial charge on any atom is -0.493 e. The summed E-state index contributed by atoms with van der Waals surface area (Å²) in [6, 6.07) is 4.98. The SMILES string of the molecule is COc1cc(C(=O)N2CCN(C(=O)c3cc(C)[nH]n3)CC2)cc(OC)c1OC. The summed E-state index contributed by atoms with van der Waals surface area (Å²) < 4.78 is 15.9. The molecule has 1 fully saturated rings. The van der Waals surface area contributed by atoms with E-state index in [4.69, 9.17) is 14.2 Å². The van der Waals surface area contributed by atoms with Crippen LogP contribution in [0.1, 0.15) is 26.5 Å². The van der Waals surface area contributed by atoms with E-state index in [1.165, 1.54) is 21.3 Å². The van der Waals surface area contributed by atoms with Crippen LogP contribution >= 0.6 is 0 Å². The number of methoxy groups -OCH3 is 3. The molecule has 9 nitrogen and oxygen atoms in total. The number of rotatable bonds is 5. The average Bonchev–Trinajstić information content (AvgIpc) is 3.17. The van der Waals surface area contributed by atoms with Gasteiger partial charge in [-0.25, -0.2) is 0 Å². The van der Waals surface area contributed by atoms with Gasteiger partial charge < -0.3 is 24.0 Å². The third-order valence-corrected chi connectivity index (χ3v) is 4.69. The first kappa shape index (κ1) is 19.5. The lowest BCUT2D eigenvalue weighted by Gasteiger charge is -2.34. The van der Waals surface area contributed by atoms with Gasteiger partial charge in [0.1, 0.15) is 5.69 Å². The molecule has 0 saturated carbocycles. The molecule has 28 heavy (non-hydrogen) atoms. The molecule has 0 unspecified atom stereocenters. The van der Waals surface area contributed by atoms with Crippen LogP contribution in [0.15, 0.2) is 18.2 Å². The van der Waals surface area contributed by atoms with E-state index in [-0.39, 0.29) is 11.8 Å². The van der Waals surface area contributed by atoms with Gasteiger partial charge in [0, 0.05) is 37.4 Å². The van der Waals surface area contributed by atoms with Crippen molar-refractivity contribution in [3.8, 4) is 17.2 Å². The molecule has 0 radical (unpaired) electrons. The quantitative estimate of drug-likeness (QED) is 0.830. The van der Waals surface area contributed by atoms with Crippen LogP contribution in [-0.2, 0) is 0 Å². The summed E-state index contributed by atoms with van der Waals surface area (Å²) in [4.78, 5) is 28.8. The maximum atomic E-state index is 12.9. The van der Waals surface area contributed by atoms with Gasteiger partial charge in [0.2, 0.25) is 5.75 Å². The van der Waals surface area contributed by atoms with Gasteiger partial charge in [0.25, 0.3) is 11.8 Å². The average molecular weight is 388 g/mol. The Hall–Kier alpha value is -3.23. The third kappa shape index (κ3) is 3.73. The fraction of sp³-hybridized carbons (Fsp3) is 0.421. The van der Waals surface area contributed by atoms with Crippen LogP contribution in [0, 0.1) is 6.92 Å². The molecule has 1 aromatic carbocycles. The predicted octanol–water partition coefficient (Wildman–Crippen LogP) is 1.34. The van der Waals surface area contributed by atoms with Crippen molar-refractivity contribution in [2.75, 3.05) is 47.5 Å². The number of ether oxygens (including phenoxy) is 3. The van der Waals surface area contributed by atoms with Crippen molar-refractivity contribution in [1.29, 1.82) is 0 Å². The van der Waals surface area contributed by atoms with Gasteiger partial charge in [-0.15, -0.1) is 0 Å². The molecule has 1 aliphatic heterocycles. The molecule has 9 heteroatoms. The van der Waals surface area contributed by atoms with E-state index in [9.17, 15) is 9.59 Å². The Bertz CT molecular complexity index is 846. The highest BCUT2D eigenvalue weighted by molar-refractivity contribution is 5.96. The molecule has 1 aliphatic rings. The lowest BCUT2D eigenvalue weighted by Crippen LogP contribution is -2.50. The number of nitrogens with one attached hydrogen (secondary N) is 1. The van der Waals surface area contributed by atoms with Crippen molar-refractivity contribution in [3.05, 3.63) is 35.2 Å². The van der Waals surface area contributed by atoms with E-state index in [1.54, 1.807) is 28.0 Å². The van der Waals surface area contributed by atoms with Crippen LogP contribution in [0.25, 0.3) is 0 Å². The molecule has 2 amide bonds. The van der Waals surface area contributed by atoms with Crippen molar-refractivity contribution in [1.82, 2.24) is 20.0 Å². The number of amides is 2. The fourth-order valence-corrected chi connectivity index (χ4v) is 3.19. The number of piperazine rings is 1. The topological polar surface area (TPSA) is 97.0 Å². The first-order valence-corrected chi connectivity index (χ1v) is 8.89. The Labute approximate surface area is 163 Å². The summed E-state index contributed by atoms with van der Waals surface area (Å²) >= 11 is 0. The Balaban J connectivity index is 1.71. The summed E-state index contributed by atoms with van der Waals surface area (Å²) in [5.74, 6) is 0.998. The van der Waals surface area contributed by atoms with Crippen LogP contribution in [0.3, 0.4) is 0 Å². The van der Waals surface area contributed by atoms with Crippen LogP contribution in [-0.4, -0.2) is 79.3 Å². The second-order valence-electron chi connectivity index (χ2n) is 6.43. The van der Waals surface area contributed by atoms with Gasteiger partial charge in [-0.1, -0.05) is 0 Å². The number of nitrogens with zero attached hydrogens (tertiary/aromatic N) is 3. The van der Waals surface area contributed by atoms with E-state index < -0.39 is 0 Å². The standard InChI is InChI=1S/C19H24N4O5/c1-12-9-14(21-20-12)19(25)23-7-5-22(6-8-23)18(24)13-10-15(26-2)17(28-4)16(11-13)27-3/h9-11H,5-8H2,1-4H3,(H,20,21). The molecule has 0 aliphatic carbocycles. The number of aromatic amines is 1. The zero-order valence-electron chi connectivity index (χ0n) is 16.4. The highest BCUT2D eigenvalue weighted by Crippen LogP contribution is 2.38. The fourth-order valence-electron chi connectivity index (χ4n) is 3.19. The largest absolute Gasteiger partial charge is 0.493 e. The summed E-state index contributed by atoms with van der Waals surface area (Å²) in [6.45, 7) is 3.61. The highest BCUT2D eigenvalue weighted by Gasteiger charge is 2.27. The molecule has 1 saturated heterocycles. The number of hydrogen-bond acceptors (Lipinski definition) is 6. The van der Waals surface area contributed by atoms with Gasteiger partial charge in [-0.3, -0.25) is 14.7 Å². The molecule has 0 bridgehead atoms. The molecule has 1 N–H and O–H groups in total. The molecule has 0 spiro atoms. The van der Waals surface area contributed by atoms with Crippen molar-refractivity contribution < 1.29 is 23.8 Å². The Morgan fingerprint density at radius 1 is 0.893 bits per heavy atom. The van der Waals surface area contributed by atoms with Crippen LogP contribution in [0.4, 0.5) is 0 Å². The number of hydrogen-bond donors (Lipinski definition) is 1. The lowest BCUT2D eigenvalue weighted by molar-refractivity contribution is 0.0532. The van der Waals surface area contributed by atoms with E-state index in [0.29, 0.717) is 54.7 Å². The first-order chi connectivity index (χ1) is 13.5. The molecular formula is C19H24N4O5. The summed E-state index contributed by atoms with van der Waals surface area (Å²) in [5, 5.41) is 6.78. The van der Waals surface area contributed by atoms with Crippen molar-refractivity contribution in [2.45, 2.75) is 6.92 Å². The van der Waals surface area contributed by atoms with E-state index in [2.05, 4.69) is 10.2 Å². The van der Waals surface area contributed by atoms with Gasteiger partial charge in [0.15, 0.2) is 11.5 Å². The second kappa shape index (κ2) is 8.20. The van der Waals surface area contributed by atoms with E-state index in [1.807, 2.05) is 6.92 Å². The highest BCUT2D eigenvalue weighted by atomic mass is 16.5. The third-order valence-electron chi connectivity index (χ3n) is 4.69. The summed E-state index contributed by atoms with van der Waals surface area (Å²) in [5.41, 5.74) is 1.67.